The number of rotatable bonds is 0. The summed E-state index contributed by atoms with van der Waals surface area (Å²) in [6.07, 6.45) is 14.7. The van der Waals surface area contributed by atoms with Crippen molar-refractivity contribution in [3.05, 3.63) is 0 Å². The van der Waals surface area contributed by atoms with Crippen LogP contribution in [0.15, 0.2) is 0 Å². The van der Waals surface area contributed by atoms with Gasteiger partial charge in [0.15, 0.2) is 0 Å². The van der Waals surface area contributed by atoms with E-state index in [1.807, 2.05) is 0 Å². The molecule has 3 aliphatic rings. The van der Waals surface area contributed by atoms with Crippen LogP contribution in [0.2, 0.25) is 0 Å². The van der Waals surface area contributed by atoms with Crippen LogP contribution in [0.5, 0.6) is 0 Å². The van der Waals surface area contributed by atoms with Crippen molar-refractivity contribution in [1.29, 1.82) is 0 Å². The molecule has 1 aliphatic heterocycles. The predicted molar refractivity (Wildman–Crippen MR) is 65.5 cm³/mol. The van der Waals surface area contributed by atoms with Crippen LogP contribution < -0.4 is 5.32 Å². The van der Waals surface area contributed by atoms with E-state index >= 15 is 0 Å². The topological polar surface area (TPSA) is 21.3 Å². The Morgan fingerprint density at radius 1 is 0.625 bits per heavy atom. The largest absolute Gasteiger partial charge is 0.372 e. The van der Waals surface area contributed by atoms with Crippen LogP contribution in [0.1, 0.15) is 64.2 Å². The first-order valence-electron chi connectivity index (χ1n) is 7.35. The Kier molecular flexibility index (Phi) is 3.49. The molecule has 1 saturated heterocycles. The van der Waals surface area contributed by atoms with Gasteiger partial charge in [0.25, 0.3) is 0 Å². The molecule has 4 atom stereocenters. The summed E-state index contributed by atoms with van der Waals surface area (Å²) in [5.41, 5.74) is 0. The third-order valence-electron chi connectivity index (χ3n) is 4.68. The number of nitrogens with one attached hydrogen (secondary N) is 1. The summed E-state index contributed by atoms with van der Waals surface area (Å²) in [4.78, 5) is 0. The van der Waals surface area contributed by atoms with E-state index in [0.717, 1.165) is 0 Å². The summed E-state index contributed by atoms with van der Waals surface area (Å²) >= 11 is 0. The van der Waals surface area contributed by atoms with Crippen molar-refractivity contribution < 1.29 is 4.74 Å². The summed E-state index contributed by atoms with van der Waals surface area (Å²) in [5.74, 6) is 0. The van der Waals surface area contributed by atoms with Gasteiger partial charge in [-0.25, -0.2) is 0 Å². The molecule has 0 bridgehead atoms. The first-order chi connectivity index (χ1) is 7.93. The van der Waals surface area contributed by atoms with Gasteiger partial charge in [-0.15, -0.1) is 0 Å². The second-order valence-corrected chi connectivity index (χ2v) is 5.87. The zero-order chi connectivity index (χ0) is 10.8. The lowest BCUT2D eigenvalue weighted by atomic mass is 9.96. The van der Waals surface area contributed by atoms with Gasteiger partial charge in [-0.2, -0.15) is 0 Å². The highest BCUT2D eigenvalue weighted by atomic mass is 16.5. The molecular formula is C14H25NO. The van der Waals surface area contributed by atoms with Gasteiger partial charge in [0.2, 0.25) is 0 Å². The second-order valence-electron chi connectivity index (χ2n) is 5.87. The molecule has 2 nitrogen and oxygen atoms in total. The molecule has 0 radical (unpaired) electrons. The van der Waals surface area contributed by atoms with E-state index in [1.165, 1.54) is 64.2 Å². The Balaban J connectivity index is 1.68. The van der Waals surface area contributed by atoms with E-state index in [-0.39, 0.29) is 0 Å². The van der Waals surface area contributed by atoms with Crippen molar-refractivity contribution in [2.75, 3.05) is 0 Å². The summed E-state index contributed by atoms with van der Waals surface area (Å²) in [6, 6.07) is 1.34. The van der Waals surface area contributed by atoms with Crippen LogP contribution >= 0.6 is 0 Å². The molecule has 1 heterocycles. The molecule has 4 unspecified atom stereocenters. The van der Waals surface area contributed by atoms with Gasteiger partial charge >= 0.3 is 0 Å². The number of hydrogen-bond acceptors (Lipinski definition) is 2. The molecule has 2 aliphatic carbocycles. The van der Waals surface area contributed by atoms with Crippen molar-refractivity contribution in [1.82, 2.24) is 5.32 Å². The lowest BCUT2D eigenvalue weighted by Crippen LogP contribution is -2.57. The zero-order valence-corrected chi connectivity index (χ0v) is 10.3. The molecule has 0 amide bonds. The van der Waals surface area contributed by atoms with Gasteiger partial charge in [-0.05, 0) is 25.7 Å². The van der Waals surface area contributed by atoms with Crippen LogP contribution in [0, 0.1) is 0 Å². The fourth-order valence-corrected chi connectivity index (χ4v) is 3.75. The van der Waals surface area contributed by atoms with Gasteiger partial charge in [0.05, 0.1) is 12.2 Å². The third-order valence-corrected chi connectivity index (χ3v) is 4.68. The van der Waals surface area contributed by atoms with Gasteiger partial charge in [-0.3, -0.25) is 0 Å². The van der Waals surface area contributed by atoms with Crippen molar-refractivity contribution >= 4 is 0 Å². The SMILES string of the molecule is C1CCC2NC3CCCCCC3OC2CC1. The van der Waals surface area contributed by atoms with Crippen LogP contribution in [0.4, 0.5) is 0 Å². The maximum Gasteiger partial charge on any atom is 0.0732 e. The minimum absolute atomic E-state index is 0.529. The number of morpholine rings is 1. The number of hydrogen-bond donors (Lipinski definition) is 1. The maximum atomic E-state index is 6.39. The Morgan fingerprint density at radius 2 is 1.12 bits per heavy atom. The zero-order valence-electron chi connectivity index (χ0n) is 10.3. The summed E-state index contributed by atoms with van der Waals surface area (Å²) < 4.78 is 6.39. The van der Waals surface area contributed by atoms with E-state index < -0.39 is 0 Å². The number of fused-ring (bicyclic) bond motifs is 2. The van der Waals surface area contributed by atoms with E-state index in [4.69, 9.17) is 4.74 Å². The molecule has 3 fully saturated rings. The Hall–Kier alpha value is -0.0800. The maximum absolute atomic E-state index is 6.39. The lowest BCUT2D eigenvalue weighted by molar-refractivity contribution is -0.0918. The molecule has 3 rings (SSSR count). The van der Waals surface area contributed by atoms with Gasteiger partial charge in [0, 0.05) is 12.1 Å². The van der Waals surface area contributed by atoms with Crippen LogP contribution in [0.25, 0.3) is 0 Å². The Morgan fingerprint density at radius 3 is 1.69 bits per heavy atom. The molecule has 0 aromatic heterocycles. The predicted octanol–water partition coefficient (Wildman–Crippen LogP) is 3.01. The molecule has 0 aromatic carbocycles. The van der Waals surface area contributed by atoms with Gasteiger partial charge < -0.3 is 10.1 Å². The van der Waals surface area contributed by atoms with Crippen LogP contribution in [-0.2, 0) is 4.74 Å². The lowest BCUT2D eigenvalue weighted by Gasteiger charge is -2.42. The minimum Gasteiger partial charge on any atom is -0.372 e. The van der Waals surface area contributed by atoms with Gasteiger partial charge in [-0.1, -0.05) is 38.5 Å². The fraction of sp³-hybridized carbons (Fsp3) is 1.00. The van der Waals surface area contributed by atoms with Crippen molar-refractivity contribution in [2.24, 2.45) is 0 Å². The first kappa shape index (κ1) is 11.0. The van der Waals surface area contributed by atoms with Gasteiger partial charge in [0.1, 0.15) is 0 Å². The highest BCUT2D eigenvalue weighted by Crippen LogP contribution is 2.31. The van der Waals surface area contributed by atoms with Crippen LogP contribution in [-0.4, -0.2) is 24.3 Å². The monoisotopic (exact) mass is 223 g/mol. The molecule has 16 heavy (non-hydrogen) atoms. The minimum atomic E-state index is 0.529. The van der Waals surface area contributed by atoms with Crippen LogP contribution in [0.3, 0.4) is 0 Å². The highest BCUT2D eigenvalue weighted by Gasteiger charge is 2.37. The molecular weight excluding hydrogens is 198 g/mol. The smallest absolute Gasteiger partial charge is 0.0732 e. The van der Waals surface area contributed by atoms with Crippen molar-refractivity contribution in [3.63, 3.8) is 0 Å². The molecule has 1 N–H and O–H groups in total. The van der Waals surface area contributed by atoms with E-state index in [1.54, 1.807) is 0 Å². The molecule has 2 saturated carbocycles. The van der Waals surface area contributed by atoms with Crippen molar-refractivity contribution in [2.45, 2.75) is 88.5 Å². The Labute approximate surface area is 99.1 Å². The summed E-state index contributed by atoms with van der Waals surface area (Å²) in [6.45, 7) is 0. The average molecular weight is 223 g/mol. The first-order valence-corrected chi connectivity index (χ1v) is 7.35. The second kappa shape index (κ2) is 5.05. The quantitative estimate of drug-likeness (QED) is 0.681. The highest BCUT2D eigenvalue weighted by molar-refractivity contribution is 4.93. The summed E-state index contributed by atoms with van der Waals surface area (Å²) in [5, 5.41) is 3.91. The van der Waals surface area contributed by atoms with Crippen molar-refractivity contribution in [3.8, 4) is 0 Å². The van der Waals surface area contributed by atoms with E-state index in [2.05, 4.69) is 5.32 Å². The van der Waals surface area contributed by atoms with E-state index in [0.29, 0.717) is 24.3 Å². The normalized spacial score (nSPS) is 45.0. The van der Waals surface area contributed by atoms with E-state index in [9.17, 15) is 0 Å². The third kappa shape index (κ3) is 2.28. The fourth-order valence-electron chi connectivity index (χ4n) is 3.75. The molecule has 92 valence electrons. The Bertz CT molecular complexity index is 187. The standard InChI is InChI=1S/C14H25NO/c1-3-7-11-13(9-5-1)16-14-10-6-2-4-8-12(14)15-11/h11-15H,1-10H2. The molecule has 0 spiro atoms. The summed E-state index contributed by atoms with van der Waals surface area (Å²) in [7, 11) is 0. The number of ether oxygens (including phenoxy) is 1. The average Bonchev–Trinajstić information content (AvgIpc) is 2.64. The molecule has 0 aromatic rings. The molecule has 2 heteroatoms.